The van der Waals surface area contributed by atoms with Crippen LogP contribution in [0.25, 0.3) is 29.2 Å². The molecule has 8 heteroatoms. The number of aromatic amines is 1. The lowest BCUT2D eigenvalue weighted by Gasteiger charge is -2.04. The van der Waals surface area contributed by atoms with Crippen molar-refractivity contribution in [3.05, 3.63) is 67.3 Å². The first-order valence-corrected chi connectivity index (χ1v) is 8.55. The zero-order valence-corrected chi connectivity index (χ0v) is 15.5. The summed E-state index contributed by atoms with van der Waals surface area (Å²) in [4.78, 5) is 16.6. The van der Waals surface area contributed by atoms with Crippen LogP contribution in [0.15, 0.2) is 50.0 Å². The highest BCUT2D eigenvalue weighted by Gasteiger charge is 2.16. The summed E-state index contributed by atoms with van der Waals surface area (Å²) < 4.78 is 4.70. The van der Waals surface area contributed by atoms with Crippen LogP contribution in [-0.4, -0.2) is 29.7 Å². The zero-order valence-electron chi connectivity index (χ0n) is 13.4. The highest BCUT2D eigenvalue weighted by Crippen LogP contribution is 2.27. The fraction of sp³-hybridized carbons (Fsp3) is 0.0588. The summed E-state index contributed by atoms with van der Waals surface area (Å²) in [6.07, 6.45) is 8.42. The number of nitrogens with one attached hydrogen (secondary N) is 2. The number of allylic oxidation sites excluding steroid dienone is 2. The molecule has 7 nitrogen and oxygen atoms in total. The molecule has 0 aliphatic rings. The van der Waals surface area contributed by atoms with Crippen molar-refractivity contribution in [2.45, 2.75) is 6.54 Å². The smallest absolute Gasteiger partial charge is 0.154 e. The standard InChI is InChI=1S/C17H16IN7/c1-3-12(10-25-15(4-2)20-11-22-25)16-17(13-7-5-6-8-19-13)24-14(23-16)9-21-18/h3-8,10-11,21H,1-2,9H2,(H,23,24)/b12-10+. The van der Waals surface area contributed by atoms with E-state index in [4.69, 9.17) is 4.98 Å². The average molecular weight is 445 g/mol. The van der Waals surface area contributed by atoms with Gasteiger partial charge in [-0.1, -0.05) is 25.3 Å². The lowest BCUT2D eigenvalue weighted by atomic mass is 10.1. The molecule has 0 aliphatic heterocycles. The number of pyridine rings is 1. The number of aromatic nitrogens is 6. The number of hydrogen-bond donors (Lipinski definition) is 2. The minimum absolute atomic E-state index is 0.603. The van der Waals surface area contributed by atoms with Gasteiger partial charge in [-0.25, -0.2) is 14.6 Å². The van der Waals surface area contributed by atoms with Crippen molar-refractivity contribution in [1.29, 1.82) is 0 Å². The van der Waals surface area contributed by atoms with Gasteiger partial charge in [0.1, 0.15) is 12.2 Å². The Labute approximate surface area is 159 Å². The lowest BCUT2D eigenvalue weighted by Crippen LogP contribution is -1.99. The predicted octanol–water partition coefficient (Wildman–Crippen LogP) is 3.33. The van der Waals surface area contributed by atoms with Gasteiger partial charge in [0.25, 0.3) is 0 Å². The van der Waals surface area contributed by atoms with E-state index in [9.17, 15) is 0 Å². The van der Waals surface area contributed by atoms with Gasteiger partial charge in [0, 0.05) is 40.8 Å². The molecule has 0 amide bonds. The van der Waals surface area contributed by atoms with Crippen LogP contribution in [0.2, 0.25) is 0 Å². The molecule has 0 unspecified atom stereocenters. The van der Waals surface area contributed by atoms with E-state index in [1.807, 2.05) is 24.4 Å². The van der Waals surface area contributed by atoms with E-state index in [-0.39, 0.29) is 0 Å². The maximum Gasteiger partial charge on any atom is 0.154 e. The number of nitrogens with zero attached hydrogens (tertiary/aromatic N) is 5. The van der Waals surface area contributed by atoms with Gasteiger partial charge in [0.15, 0.2) is 5.82 Å². The Balaban J connectivity index is 2.13. The quantitative estimate of drug-likeness (QED) is 0.331. The second kappa shape index (κ2) is 7.99. The normalized spacial score (nSPS) is 11.5. The third-order valence-electron chi connectivity index (χ3n) is 3.45. The SMILES string of the molecule is C=C/C(=C\n1ncnc1C=C)c1nc(CNI)[nH]c1-c1ccccn1. The van der Waals surface area contributed by atoms with Crippen LogP contribution in [0.4, 0.5) is 0 Å². The number of H-pyrrole nitrogens is 1. The minimum atomic E-state index is 0.603. The molecule has 0 aliphatic carbocycles. The highest BCUT2D eigenvalue weighted by atomic mass is 127. The molecule has 3 rings (SSSR count). The van der Waals surface area contributed by atoms with Crippen molar-refractivity contribution in [3.8, 4) is 11.4 Å². The van der Waals surface area contributed by atoms with E-state index >= 15 is 0 Å². The van der Waals surface area contributed by atoms with E-state index < -0.39 is 0 Å². The molecule has 0 spiro atoms. The number of imidazole rings is 1. The van der Waals surface area contributed by atoms with Crippen molar-refractivity contribution in [3.63, 3.8) is 0 Å². The summed E-state index contributed by atoms with van der Waals surface area (Å²) in [5.41, 5.74) is 3.18. The van der Waals surface area contributed by atoms with Crippen LogP contribution in [-0.2, 0) is 6.54 Å². The van der Waals surface area contributed by atoms with Gasteiger partial charge < -0.3 is 4.98 Å². The third-order valence-corrected chi connectivity index (χ3v) is 3.83. The molecule has 0 atom stereocenters. The summed E-state index contributed by atoms with van der Waals surface area (Å²) in [6.45, 7) is 8.26. The van der Waals surface area contributed by atoms with Crippen LogP contribution >= 0.6 is 22.9 Å². The summed E-state index contributed by atoms with van der Waals surface area (Å²) in [5, 5.41) is 4.19. The second-order valence-electron chi connectivity index (χ2n) is 4.99. The Morgan fingerprint density at radius 2 is 2.20 bits per heavy atom. The third kappa shape index (κ3) is 3.74. The topological polar surface area (TPSA) is 84.3 Å². The molecule has 2 N–H and O–H groups in total. The van der Waals surface area contributed by atoms with Crippen molar-refractivity contribution in [2.24, 2.45) is 0 Å². The molecule has 0 saturated carbocycles. The van der Waals surface area contributed by atoms with Crippen molar-refractivity contribution < 1.29 is 0 Å². The second-order valence-corrected chi connectivity index (χ2v) is 5.75. The molecular weight excluding hydrogens is 429 g/mol. The Hall–Kier alpha value is -2.59. The molecule has 0 bridgehead atoms. The van der Waals surface area contributed by atoms with E-state index in [1.165, 1.54) is 6.33 Å². The van der Waals surface area contributed by atoms with Crippen LogP contribution in [0.1, 0.15) is 17.3 Å². The zero-order chi connectivity index (χ0) is 17.6. The van der Waals surface area contributed by atoms with Crippen LogP contribution in [0.3, 0.4) is 0 Å². The highest BCUT2D eigenvalue weighted by molar-refractivity contribution is 14.1. The largest absolute Gasteiger partial charge is 0.339 e. The Morgan fingerprint density at radius 1 is 1.32 bits per heavy atom. The molecule has 0 aromatic carbocycles. The molecule has 0 fully saturated rings. The van der Waals surface area contributed by atoms with Crippen molar-refractivity contribution in [2.75, 3.05) is 0 Å². The molecule has 25 heavy (non-hydrogen) atoms. The fourth-order valence-corrected chi connectivity index (χ4v) is 2.68. The first-order chi connectivity index (χ1) is 12.3. The van der Waals surface area contributed by atoms with Gasteiger partial charge in [0.05, 0.1) is 23.6 Å². The van der Waals surface area contributed by atoms with Gasteiger partial charge in [0.2, 0.25) is 0 Å². The number of hydrogen-bond acceptors (Lipinski definition) is 5. The van der Waals surface area contributed by atoms with Crippen LogP contribution < -0.4 is 3.53 Å². The summed E-state index contributed by atoms with van der Waals surface area (Å²) in [5.74, 6) is 1.45. The molecule has 3 aromatic rings. The van der Waals surface area contributed by atoms with Crippen LogP contribution in [0.5, 0.6) is 0 Å². The Kier molecular flexibility index (Phi) is 5.51. The number of rotatable bonds is 7. The first-order valence-electron chi connectivity index (χ1n) is 7.47. The van der Waals surface area contributed by atoms with E-state index in [0.717, 1.165) is 28.5 Å². The van der Waals surface area contributed by atoms with Gasteiger partial charge in [-0.05, 0) is 18.2 Å². The van der Waals surface area contributed by atoms with Gasteiger partial charge >= 0.3 is 0 Å². The van der Waals surface area contributed by atoms with Gasteiger partial charge in [-0.2, -0.15) is 5.10 Å². The predicted molar refractivity (Wildman–Crippen MR) is 107 cm³/mol. The molecule has 3 heterocycles. The summed E-state index contributed by atoms with van der Waals surface area (Å²) in [6, 6.07) is 5.75. The van der Waals surface area contributed by atoms with Crippen molar-refractivity contribution >= 4 is 40.7 Å². The van der Waals surface area contributed by atoms with Crippen molar-refractivity contribution in [1.82, 2.24) is 33.2 Å². The maximum absolute atomic E-state index is 4.69. The fourth-order valence-electron chi connectivity index (χ4n) is 2.32. The van der Waals surface area contributed by atoms with E-state index in [0.29, 0.717) is 12.4 Å². The maximum atomic E-state index is 4.69. The van der Waals surface area contributed by atoms with Gasteiger partial charge in [-0.15, -0.1) is 0 Å². The minimum Gasteiger partial charge on any atom is -0.339 e. The lowest BCUT2D eigenvalue weighted by molar-refractivity contribution is 0.910. The average Bonchev–Trinajstić information content (AvgIpc) is 3.27. The van der Waals surface area contributed by atoms with Crippen LogP contribution in [0, 0.1) is 0 Å². The van der Waals surface area contributed by atoms with E-state index in [2.05, 4.69) is 59.6 Å². The molecular formula is C17H16IN7. The molecule has 3 aromatic heterocycles. The molecule has 0 saturated heterocycles. The monoisotopic (exact) mass is 445 g/mol. The summed E-state index contributed by atoms with van der Waals surface area (Å²) in [7, 11) is 0. The summed E-state index contributed by atoms with van der Waals surface area (Å²) >= 11 is 2.09. The number of halogens is 1. The van der Waals surface area contributed by atoms with Gasteiger partial charge in [-0.3, -0.25) is 8.51 Å². The van der Waals surface area contributed by atoms with E-state index in [1.54, 1.807) is 23.0 Å². The Bertz CT molecular complexity index is 908. The first kappa shape index (κ1) is 17.2. The molecule has 0 radical (unpaired) electrons. The Morgan fingerprint density at radius 3 is 2.88 bits per heavy atom. The molecule has 126 valence electrons.